The van der Waals surface area contributed by atoms with Crippen LogP contribution in [-0.2, 0) is 20.6 Å². The normalized spacial score (nSPS) is 19.6. The van der Waals surface area contributed by atoms with Crippen molar-refractivity contribution in [3.8, 4) is 0 Å². The van der Waals surface area contributed by atoms with E-state index in [1.807, 2.05) is 0 Å². The van der Waals surface area contributed by atoms with Crippen LogP contribution in [0.15, 0.2) is 54.1 Å². The molecule has 2 aliphatic rings. The lowest BCUT2D eigenvalue weighted by molar-refractivity contribution is -0.137. The molecule has 2 aromatic carbocycles. The van der Waals surface area contributed by atoms with Crippen molar-refractivity contribution in [2.24, 2.45) is 0 Å². The van der Waals surface area contributed by atoms with Crippen LogP contribution >= 0.6 is 11.6 Å². The van der Waals surface area contributed by atoms with E-state index in [0.29, 0.717) is 15.5 Å². The topological polar surface area (TPSA) is 58.6 Å². The van der Waals surface area contributed by atoms with Crippen molar-refractivity contribution < 1.29 is 27.6 Å². The number of carbonyl (C=O) groups excluding carboxylic acids is 2. The molecule has 0 bridgehead atoms. The fraction of sp³-hybridized carbons (Fsp3) is 0.111. The first kappa shape index (κ1) is 17.6. The minimum atomic E-state index is -4.59. The molecule has 4 rings (SSSR count). The molecule has 1 saturated heterocycles. The fourth-order valence-electron chi connectivity index (χ4n) is 2.99. The highest BCUT2D eigenvalue weighted by Crippen LogP contribution is 2.38. The number of hydrogen-bond donors (Lipinski definition) is 1. The third-order valence-electron chi connectivity index (χ3n) is 4.25. The Bertz CT molecular complexity index is 986. The summed E-state index contributed by atoms with van der Waals surface area (Å²) in [5.41, 5.74) is 2.31. The number of anilines is 1. The summed E-state index contributed by atoms with van der Waals surface area (Å²) >= 11 is 5.85. The highest BCUT2D eigenvalue weighted by Gasteiger charge is 2.50. The van der Waals surface area contributed by atoms with Crippen LogP contribution in [0.1, 0.15) is 11.1 Å². The number of rotatable bonds is 2. The minimum absolute atomic E-state index is 0.0414. The number of imide groups is 1. The standard InChI is InChI=1S/C18H10ClF3N2O3/c19-11-6-4-9(5-7-11)14-13-15(27-23-14)17(26)24(16(13)25)12-3-1-2-10(8-12)18(20,21)22/h1-8,15,23H/t15-/m0/s1. The zero-order chi connectivity index (χ0) is 19.3. The van der Waals surface area contributed by atoms with Gasteiger partial charge in [0.2, 0.25) is 0 Å². The Hall–Kier alpha value is -2.84. The maximum Gasteiger partial charge on any atom is 0.416 e. The SMILES string of the molecule is O=C1C2=C(c3ccc(Cl)cc3)NO[C@@H]2C(=O)N1c1cccc(C(F)(F)F)c1. The molecule has 0 unspecified atom stereocenters. The van der Waals surface area contributed by atoms with Gasteiger partial charge in [0.25, 0.3) is 11.8 Å². The molecule has 9 heteroatoms. The van der Waals surface area contributed by atoms with Gasteiger partial charge in [0.1, 0.15) is 0 Å². The van der Waals surface area contributed by atoms with E-state index in [-0.39, 0.29) is 17.0 Å². The molecule has 2 amide bonds. The van der Waals surface area contributed by atoms with Crippen LogP contribution in [0.25, 0.3) is 5.70 Å². The third kappa shape index (κ3) is 2.87. The van der Waals surface area contributed by atoms with Gasteiger partial charge < -0.3 is 0 Å². The second-order valence-corrected chi connectivity index (χ2v) is 6.36. The smallest absolute Gasteiger partial charge is 0.270 e. The Kier molecular flexibility index (Phi) is 3.97. The molecule has 2 aliphatic heterocycles. The number of hydroxylamine groups is 1. The Morgan fingerprint density at radius 3 is 2.44 bits per heavy atom. The molecule has 138 valence electrons. The van der Waals surface area contributed by atoms with Crippen LogP contribution < -0.4 is 10.4 Å². The Balaban J connectivity index is 1.77. The summed E-state index contributed by atoms with van der Waals surface area (Å²) < 4.78 is 38.9. The van der Waals surface area contributed by atoms with Crippen molar-refractivity contribution >= 4 is 34.8 Å². The van der Waals surface area contributed by atoms with E-state index in [2.05, 4.69) is 5.48 Å². The van der Waals surface area contributed by atoms with Crippen molar-refractivity contribution in [1.82, 2.24) is 5.48 Å². The van der Waals surface area contributed by atoms with Gasteiger partial charge in [-0.1, -0.05) is 29.8 Å². The minimum Gasteiger partial charge on any atom is -0.270 e. The second-order valence-electron chi connectivity index (χ2n) is 5.92. The van der Waals surface area contributed by atoms with Crippen LogP contribution in [0.4, 0.5) is 18.9 Å². The van der Waals surface area contributed by atoms with Crippen molar-refractivity contribution in [2.75, 3.05) is 4.90 Å². The summed E-state index contributed by atoms with van der Waals surface area (Å²) in [6, 6.07) is 10.5. The van der Waals surface area contributed by atoms with E-state index in [1.165, 1.54) is 6.07 Å². The number of halogens is 4. The largest absolute Gasteiger partial charge is 0.416 e. The average molecular weight is 395 g/mol. The molecule has 5 nitrogen and oxygen atoms in total. The lowest BCUT2D eigenvalue weighted by atomic mass is 10.1. The number of alkyl halides is 3. The van der Waals surface area contributed by atoms with Gasteiger partial charge in [0.15, 0.2) is 6.10 Å². The van der Waals surface area contributed by atoms with E-state index < -0.39 is 29.7 Å². The molecular weight excluding hydrogens is 385 g/mol. The summed E-state index contributed by atoms with van der Waals surface area (Å²) in [6.07, 6.45) is -5.82. The second kappa shape index (κ2) is 6.11. The van der Waals surface area contributed by atoms with Gasteiger partial charge in [0, 0.05) is 10.6 Å². The van der Waals surface area contributed by atoms with Crippen LogP contribution in [0, 0.1) is 0 Å². The van der Waals surface area contributed by atoms with Gasteiger partial charge in [-0.2, -0.15) is 13.2 Å². The quantitative estimate of drug-likeness (QED) is 0.791. The van der Waals surface area contributed by atoms with Gasteiger partial charge in [-0.15, -0.1) is 0 Å². The number of fused-ring (bicyclic) bond motifs is 1. The number of amides is 2. The zero-order valence-electron chi connectivity index (χ0n) is 13.4. The van der Waals surface area contributed by atoms with Crippen molar-refractivity contribution in [1.29, 1.82) is 0 Å². The molecule has 1 N–H and O–H groups in total. The molecule has 1 atom stereocenters. The number of benzene rings is 2. The summed E-state index contributed by atoms with van der Waals surface area (Å²) in [5.74, 6) is -1.50. The molecular formula is C18H10ClF3N2O3. The molecule has 2 heterocycles. The summed E-state index contributed by atoms with van der Waals surface area (Å²) in [7, 11) is 0. The molecule has 2 aromatic rings. The maximum atomic E-state index is 13.0. The van der Waals surface area contributed by atoms with Crippen LogP contribution in [0.5, 0.6) is 0 Å². The van der Waals surface area contributed by atoms with E-state index in [0.717, 1.165) is 18.2 Å². The molecule has 27 heavy (non-hydrogen) atoms. The molecule has 0 saturated carbocycles. The Morgan fingerprint density at radius 2 is 1.78 bits per heavy atom. The van der Waals surface area contributed by atoms with Crippen LogP contribution in [0.2, 0.25) is 5.02 Å². The number of nitrogens with one attached hydrogen (secondary N) is 1. The van der Waals surface area contributed by atoms with E-state index in [1.54, 1.807) is 24.3 Å². The van der Waals surface area contributed by atoms with Gasteiger partial charge in [-0.3, -0.25) is 19.9 Å². The van der Waals surface area contributed by atoms with Gasteiger partial charge >= 0.3 is 6.18 Å². The molecule has 0 aromatic heterocycles. The first-order chi connectivity index (χ1) is 12.8. The number of nitrogens with zero attached hydrogens (tertiary/aromatic N) is 1. The Morgan fingerprint density at radius 1 is 1.07 bits per heavy atom. The molecule has 0 spiro atoms. The summed E-state index contributed by atoms with van der Waals surface area (Å²) in [6.45, 7) is 0. The zero-order valence-corrected chi connectivity index (χ0v) is 14.1. The van der Waals surface area contributed by atoms with Crippen LogP contribution in [0.3, 0.4) is 0 Å². The predicted molar refractivity (Wildman–Crippen MR) is 90.3 cm³/mol. The predicted octanol–water partition coefficient (Wildman–Crippen LogP) is 3.55. The van der Waals surface area contributed by atoms with Crippen molar-refractivity contribution in [3.63, 3.8) is 0 Å². The monoisotopic (exact) mass is 394 g/mol. The molecule has 0 aliphatic carbocycles. The van der Waals surface area contributed by atoms with Gasteiger partial charge in [-0.25, -0.2) is 4.90 Å². The van der Waals surface area contributed by atoms with E-state index in [9.17, 15) is 22.8 Å². The highest BCUT2D eigenvalue weighted by molar-refractivity contribution is 6.33. The summed E-state index contributed by atoms with van der Waals surface area (Å²) in [4.78, 5) is 31.3. The third-order valence-corrected chi connectivity index (χ3v) is 4.51. The molecule has 0 radical (unpaired) electrons. The first-order valence-electron chi connectivity index (χ1n) is 7.74. The van der Waals surface area contributed by atoms with Crippen LogP contribution in [-0.4, -0.2) is 17.9 Å². The van der Waals surface area contributed by atoms with E-state index >= 15 is 0 Å². The first-order valence-corrected chi connectivity index (χ1v) is 8.12. The van der Waals surface area contributed by atoms with E-state index in [4.69, 9.17) is 16.4 Å². The average Bonchev–Trinajstić information content (AvgIpc) is 3.16. The molecule has 1 fully saturated rings. The van der Waals surface area contributed by atoms with Crippen molar-refractivity contribution in [3.05, 3.63) is 70.3 Å². The highest BCUT2D eigenvalue weighted by atomic mass is 35.5. The fourth-order valence-corrected chi connectivity index (χ4v) is 3.12. The number of carbonyl (C=O) groups is 2. The maximum absolute atomic E-state index is 13.0. The lowest BCUT2D eigenvalue weighted by Gasteiger charge is -2.17. The van der Waals surface area contributed by atoms with Crippen molar-refractivity contribution in [2.45, 2.75) is 12.3 Å². The Labute approximate surface area is 155 Å². The van der Waals surface area contributed by atoms with Gasteiger partial charge in [-0.05, 0) is 30.3 Å². The summed E-state index contributed by atoms with van der Waals surface area (Å²) in [5, 5.41) is 0.485. The lowest BCUT2D eigenvalue weighted by Crippen LogP contribution is -2.34. The number of hydrogen-bond acceptors (Lipinski definition) is 4. The van der Waals surface area contributed by atoms with Gasteiger partial charge in [0.05, 0.1) is 22.5 Å².